The summed E-state index contributed by atoms with van der Waals surface area (Å²) in [5, 5.41) is 4.42. The summed E-state index contributed by atoms with van der Waals surface area (Å²) >= 11 is 8.44. The number of aryl methyl sites for hydroxylation is 2. The number of thioether (sulfide) groups is 1. The van der Waals surface area contributed by atoms with Gasteiger partial charge in [0.25, 0.3) is 0 Å². The van der Waals surface area contributed by atoms with Gasteiger partial charge in [-0.2, -0.15) is 11.8 Å². The minimum atomic E-state index is 0.161. The molecule has 1 saturated heterocycles. The predicted octanol–water partition coefficient (Wildman–Crippen LogP) is 6.77. The summed E-state index contributed by atoms with van der Waals surface area (Å²) in [4.78, 5) is 15.0. The maximum atomic E-state index is 12.6. The van der Waals surface area contributed by atoms with Crippen molar-refractivity contribution in [1.29, 1.82) is 0 Å². The Kier molecular flexibility index (Phi) is 6.94. The number of nitrogens with zero attached hydrogens (tertiary/aromatic N) is 1. The fourth-order valence-corrected chi connectivity index (χ4v) is 6.41. The van der Waals surface area contributed by atoms with Gasteiger partial charge in [-0.05, 0) is 67.5 Å². The third-order valence-electron chi connectivity index (χ3n) is 6.41. The number of rotatable bonds is 5. The predicted molar refractivity (Wildman–Crippen MR) is 130 cm³/mol. The number of hydrogen-bond acceptors (Lipinski definition) is 3. The Morgan fingerprint density at radius 2 is 1.87 bits per heavy atom. The molecule has 1 aliphatic heterocycles. The van der Waals surface area contributed by atoms with E-state index in [-0.39, 0.29) is 5.91 Å². The lowest BCUT2D eigenvalue weighted by Crippen LogP contribution is -2.34. The smallest absolute Gasteiger partial charge is 0.224 e. The zero-order valence-electron chi connectivity index (χ0n) is 17.9. The summed E-state index contributed by atoms with van der Waals surface area (Å²) in [6, 6.07) is 12.6. The van der Waals surface area contributed by atoms with Crippen molar-refractivity contribution < 1.29 is 4.79 Å². The lowest BCUT2D eigenvalue weighted by Gasteiger charge is -2.35. The van der Waals surface area contributed by atoms with Gasteiger partial charge in [0.2, 0.25) is 5.91 Å². The highest BCUT2D eigenvalue weighted by Gasteiger charge is 2.25. The Labute approximate surface area is 189 Å². The number of nitrogens with one attached hydrogen (secondary N) is 1. The molecule has 1 atom stereocenters. The quantitative estimate of drug-likeness (QED) is 0.554. The maximum Gasteiger partial charge on any atom is 0.224 e. The number of benzene rings is 2. The first-order valence-corrected chi connectivity index (χ1v) is 12.5. The van der Waals surface area contributed by atoms with Crippen LogP contribution in [0.15, 0.2) is 36.4 Å². The van der Waals surface area contributed by atoms with Gasteiger partial charge in [-0.25, -0.2) is 0 Å². The number of carbonyl (C=O) groups is 1. The van der Waals surface area contributed by atoms with Crippen LogP contribution in [-0.4, -0.2) is 24.7 Å². The number of amides is 1. The van der Waals surface area contributed by atoms with Gasteiger partial charge in [-0.15, -0.1) is 0 Å². The van der Waals surface area contributed by atoms with E-state index in [0.717, 1.165) is 40.7 Å². The van der Waals surface area contributed by atoms with Crippen LogP contribution in [0.25, 0.3) is 0 Å². The molecule has 1 amide bonds. The molecule has 1 saturated carbocycles. The van der Waals surface area contributed by atoms with Gasteiger partial charge >= 0.3 is 0 Å². The number of carbonyl (C=O) groups excluding carboxylic acids is 1. The van der Waals surface area contributed by atoms with Crippen LogP contribution in [0.5, 0.6) is 0 Å². The molecule has 0 aromatic heterocycles. The van der Waals surface area contributed by atoms with E-state index in [0.29, 0.717) is 17.6 Å². The van der Waals surface area contributed by atoms with Gasteiger partial charge in [0.05, 0.1) is 0 Å². The summed E-state index contributed by atoms with van der Waals surface area (Å²) in [6.45, 7) is 6.18. The first kappa shape index (κ1) is 21.6. The van der Waals surface area contributed by atoms with Gasteiger partial charge in [-0.3, -0.25) is 4.79 Å². The number of halogens is 1. The highest BCUT2D eigenvalue weighted by atomic mass is 35.5. The molecule has 30 heavy (non-hydrogen) atoms. The molecular formula is C25H31ClN2OS. The second kappa shape index (κ2) is 9.65. The van der Waals surface area contributed by atoms with Crippen molar-refractivity contribution >= 4 is 40.6 Å². The Morgan fingerprint density at radius 3 is 2.57 bits per heavy atom. The van der Waals surface area contributed by atoms with Crippen LogP contribution in [0.1, 0.15) is 54.0 Å². The maximum absolute atomic E-state index is 12.6. The summed E-state index contributed by atoms with van der Waals surface area (Å²) in [7, 11) is 0. The van der Waals surface area contributed by atoms with Gasteiger partial charge < -0.3 is 10.2 Å². The van der Waals surface area contributed by atoms with E-state index >= 15 is 0 Å². The van der Waals surface area contributed by atoms with E-state index in [1.165, 1.54) is 36.9 Å². The molecule has 1 unspecified atom stereocenters. The summed E-state index contributed by atoms with van der Waals surface area (Å²) < 4.78 is 0. The molecule has 0 radical (unpaired) electrons. The molecule has 2 aliphatic rings. The molecule has 160 valence electrons. The van der Waals surface area contributed by atoms with E-state index in [9.17, 15) is 4.79 Å². The van der Waals surface area contributed by atoms with Crippen molar-refractivity contribution in [3.8, 4) is 0 Å². The summed E-state index contributed by atoms with van der Waals surface area (Å²) in [6.07, 6.45) is 5.60. The lowest BCUT2D eigenvalue weighted by molar-refractivity contribution is -0.117. The fourth-order valence-electron chi connectivity index (χ4n) is 4.80. The molecule has 2 aromatic rings. The van der Waals surface area contributed by atoms with Gasteiger partial charge in [0.15, 0.2) is 0 Å². The van der Waals surface area contributed by atoms with Crippen molar-refractivity contribution in [2.45, 2.75) is 51.2 Å². The van der Waals surface area contributed by atoms with E-state index in [2.05, 4.69) is 48.3 Å². The first-order chi connectivity index (χ1) is 14.5. The Morgan fingerprint density at radius 1 is 1.17 bits per heavy atom. The highest BCUT2D eigenvalue weighted by Crippen LogP contribution is 2.39. The molecular weight excluding hydrogens is 412 g/mol. The van der Waals surface area contributed by atoms with Crippen LogP contribution in [0.4, 0.5) is 11.4 Å². The van der Waals surface area contributed by atoms with Crippen LogP contribution in [-0.2, 0) is 4.79 Å². The van der Waals surface area contributed by atoms with Gasteiger partial charge in [0.1, 0.15) is 0 Å². The van der Waals surface area contributed by atoms with Gasteiger partial charge in [-0.1, -0.05) is 42.6 Å². The van der Waals surface area contributed by atoms with Crippen molar-refractivity contribution in [3.05, 3.63) is 58.1 Å². The third kappa shape index (κ3) is 4.97. The van der Waals surface area contributed by atoms with E-state index in [1.54, 1.807) is 0 Å². The normalized spacial score (nSPS) is 19.8. The number of anilines is 2. The van der Waals surface area contributed by atoms with Crippen LogP contribution >= 0.6 is 23.4 Å². The lowest BCUT2D eigenvalue weighted by atomic mass is 10.0. The van der Waals surface area contributed by atoms with Crippen LogP contribution in [0, 0.1) is 19.8 Å². The van der Waals surface area contributed by atoms with Crippen LogP contribution < -0.4 is 10.2 Å². The molecule has 2 aromatic carbocycles. The first-order valence-electron chi connectivity index (χ1n) is 11.0. The zero-order valence-corrected chi connectivity index (χ0v) is 19.5. The number of hydrogen-bond donors (Lipinski definition) is 1. The molecule has 1 N–H and O–H groups in total. The third-order valence-corrected chi connectivity index (χ3v) is 7.98. The van der Waals surface area contributed by atoms with Gasteiger partial charge in [0, 0.05) is 46.9 Å². The van der Waals surface area contributed by atoms with Crippen LogP contribution in [0.3, 0.4) is 0 Å². The minimum absolute atomic E-state index is 0.161. The fraction of sp³-hybridized carbons (Fsp3) is 0.480. The molecule has 5 heteroatoms. The molecule has 3 nitrogen and oxygen atoms in total. The van der Waals surface area contributed by atoms with Crippen molar-refractivity contribution in [2.24, 2.45) is 5.92 Å². The largest absolute Gasteiger partial charge is 0.369 e. The van der Waals surface area contributed by atoms with Crippen molar-refractivity contribution in [2.75, 3.05) is 29.1 Å². The van der Waals surface area contributed by atoms with Crippen molar-refractivity contribution in [3.63, 3.8) is 0 Å². The Balaban J connectivity index is 1.47. The second-order valence-electron chi connectivity index (χ2n) is 8.68. The van der Waals surface area contributed by atoms with E-state index in [1.807, 2.05) is 23.9 Å². The monoisotopic (exact) mass is 442 g/mol. The van der Waals surface area contributed by atoms with E-state index in [4.69, 9.17) is 11.6 Å². The Bertz CT molecular complexity index is 887. The summed E-state index contributed by atoms with van der Waals surface area (Å²) in [5.41, 5.74) is 5.71. The molecule has 1 heterocycles. The standard InChI is InChI=1S/C25H31ClN2OS/c1-17-13-20(14-18(2)25(17)27-24(29)15-19-7-3-4-8-19)28-11-12-30-23(16-28)21-9-5-6-10-22(21)26/h5-6,9-10,13-14,19,23H,3-4,7-8,11-12,15-16H2,1-2H3,(H,27,29). The van der Waals surface area contributed by atoms with Crippen LogP contribution in [0.2, 0.25) is 5.02 Å². The summed E-state index contributed by atoms with van der Waals surface area (Å²) in [5.74, 6) is 1.81. The molecule has 0 bridgehead atoms. The zero-order chi connectivity index (χ0) is 21.1. The molecule has 2 fully saturated rings. The van der Waals surface area contributed by atoms with E-state index < -0.39 is 0 Å². The molecule has 4 rings (SSSR count). The van der Waals surface area contributed by atoms with Crippen molar-refractivity contribution in [1.82, 2.24) is 0 Å². The Hall–Kier alpha value is -1.65. The molecule has 0 spiro atoms. The highest BCUT2D eigenvalue weighted by molar-refractivity contribution is 7.99. The average molecular weight is 443 g/mol. The average Bonchev–Trinajstić information content (AvgIpc) is 3.24. The topological polar surface area (TPSA) is 32.3 Å². The SMILES string of the molecule is Cc1cc(N2CCSC(c3ccccc3Cl)C2)cc(C)c1NC(=O)CC1CCCC1. The minimum Gasteiger partial charge on any atom is -0.369 e. The second-order valence-corrected chi connectivity index (χ2v) is 10.4. The molecule has 1 aliphatic carbocycles.